The first kappa shape index (κ1) is 113. The molecule has 0 saturated carbocycles. The molecule has 0 bridgehead atoms. The van der Waals surface area contributed by atoms with Crippen LogP contribution in [0.3, 0.4) is 0 Å². The summed E-state index contributed by atoms with van der Waals surface area (Å²) >= 11 is 1.56. The van der Waals surface area contributed by atoms with Crippen LogP contribution in [0.2, 0.25) is 18.1 Å². The Morgan fingerprint density at radius 1 is 0.193 bits per heavy atom. The van der Waals surface area contributed by atoms with Gasteiger partial charge in [-0.25, -0.2) is 0 Å². The van der Waals surface area contributed by atoms with Gasteiger partial charge < -0.3 is 0 Å². The summed E-state index contributed by atoms with van der Waals surface area (Å²) < 4.78 is 910. The highest BCUT2D eigenvalue weighted by Gasteiger charge is 3.02. The molecule has 0 amide bonds. The van der Waals surface area contributed by atoms with Crippen LogP contribution in [0.1, 0.15) is 64.9 Å². The van der Waals surface area contributed by atoms with Gasteiger partial charge in [-0.1, -0.05) is 50.2 Å². The molecule has 0 N–H and O–H groups in total. The third-order valence-electron chi connectivity index (χ3n) is 16.8. The predicted molar refractivity (Wildman–Crippen MR) is 282 cm³/mol. The summed E-state index contributed by atoms with van der Waals surface area (Å²) in [5.74, 6) is -264. The smallest absolute Gasteiger partial charge is 0.200 e. The highest BCUT2D eigenvalue weighted by molar-refractivity contribution is 8.32. The van der Waals surface area contributed by atoms with E-state index in [0.717, 1.165) is 0 Å². The zero-order valence-electron chi connectivity index (χ0n) is 55.8. The SMILES string of the molecule is CCCSC(SCCC)(SCCC)c1ccc([Si](CCC(F)(F)C(F)(F)C(F)(F)C(F)(F)C(F)(F)C(F)(F)C(F)(F)C(F)(F)C(F)(F)C(F)(F)F)(CCC(F)(F)C(F)(F)C(F)(F)C(F)(F)C(F)(F)C(F)(F)C(F)(F)C(F)(F)C(F)(F)C(F)(F)F)CCC(F)(F)C(F)(F)C(F)(F)C(F)(F)C(F)(F)C(F)(F)C(F)(F)C(F)(F)C(F)(F)C(F)(F)F)cc1. The molecule has 0 heterocycles. The average Bonchev–Trinajstić information content (AvgIpc) is 0.693. The predicted octanol–water partition coefficient (Wildman–Crippen LogP) is 27.9. The Kier molecular flexibility index (Phi) is 30.5. The van der Waals surface area contributed by atoms with Crippen LogP contribution in [0.5, 0.6) is 0 Å². The van der Waals surface area contributed by atoms with Gasteiger partial charge in [0.05, 0.1) is 8.07 Å². The molecule has 1 rings (SSSR count). The molecule has 1 aromatic carbocycles. The van der Waals surface area contributed by atoms with Gasteiger partial charge in [0.25, 0.3) is 0 Å². The van der Waals surface area contributed by atoms with E-state index in [4.69, 9.17) is 0 Å². The fourth-order valence-corrected chi connectivity index (χ4v) is 19.0. The number of halogens is 63. The second-order valence-electron chi connectivity index (χ2n) is 24.9. The molecule has 0 unspecified atom stereocenters. The normalized spacial score (nSPS) is 16.7. The maximum atomic E-state index is 16.1. The first-order valence-electron chi connectivity index (χ1n) is 29.7. The van der Waals surface area contributed by atoms with E-state index < -0.39 is 250 Å². The lowest BCUT2D eigenvalue weighted by molar-refractivity contribution is -0.474. The largest absolute Gasteiger partial charge is 0.460 e. The van der Waals surface area contributed by atoms with Crippen molar-refractivity contribution in [3.63, 3.8) is 0 Å². The van der Waals surface area contributed by atoms with E-state index in [1.165, 1.54) is 20.8 Å². The first-order valence-corrected chi connectivity index (χ1v) is 35.3. The van der Waals surface area contributed by atoms with Crippen molar-refractivity contribution < 1.29 is 277 Å². The number of benzene rings is 1. The van der Waals surface area contributed by atoms with Crippen molar-refractivity contribution in [1.82, 2.24) is 0 Å². The monoisotopic (exact) mass is 1980 g/mol. The lowest BCUT2D eigenvalue weighted by Crippen LogP contribution is -2.77. The number of hydrogen-bond acceptors (Lipinski definition) is 3. The van der Waals surface area contributed by atoms with Crippen LogP contribution in [0.15, 0.2) is 24.3 Å². The Hall–Kier alpha value is -3.92. The molecule has 119 heavy (non-hydrogen) atoms. The third-order valence-corrected chi connectivity index (χ3v) is 27.8. The molecular weight excluding hydrogens is 1950 g/mol. The second kappa shape index (κ2) is 32.1. The lowest BCUT2D eigenvalue weighted by Gasteiger charge is -2.45. The molecule has 0 aliphatic rings. The summed E-state index contributed by atoms with van der Waals surface area (Å²) in [4.78, 5) is 0. The van der Waals surface area contributed by atoms with Gasteiger partial charge in [-0.3, -0.25) is 0 Å². The lowest BCUT2D eigenvalue weighted by atomic mass is 9.86. The molecule has 0 aliphatic heterocycles. The second-order valence-corrected chi connectivity index (χ2v) is 34.2. The summed E-state index contributed by atoms with van der Waals surface area (Å²) in [6, 6.07) is -13.8. The number of alkyl halides is 63. The maximum absolute atomic E-state index is 16.1. The van der Waals surface area contributed by atoms with Crippen molar-refractivity contribution in [1.29, 1.82) is 0 Å². The van der Waals surface area contributed by atoms with E-state index in [2.05, 4.69) is 0 Å². The van der Waals surface area contributed by atoms with Crippen LogP contribution >= 0.6 is 35.3 Å². The molecule has 0 aromatic heterocycles. The van der Waals surface area contributed by atoms with E-state index in [1.807, 2.05) is 0 Å². The number of thioether (sulfide) groups is 3. The molecule has 0 radical (unpaired) electrons. The topological polar surface area (TPSA) is 0 Å². The molecule has 708 valence electrons. The molecule has 0 spiro atoms. The summed E-state index contributed by atoms with van der Waals surface area (Å²) in [5, 5.41) is -2.57. The number of rotatable bonds is 44. The van der Waals surface area contributed by atoms with Crippen molar-refractivity contribution in [2.75, 3.05) is 17.3 Å². The Morgan fingerprint density at radius 2 is 0.328 bits per heavy atom. The minimum absolute atomic E-state index is 0.0696. The van der Waals surface area contributed by atoms with E-state index in [1.54, 1.807) is 0 Å². The Morgan fingerprint density at radius 3 is 0.462 bits per heavy atom. The quantitative estimate of drug-likeness (QED) is 0.0363. The van der Waals surface area contributed by atoms with Crippen LogP contribution in [-0.4, -0.2) is 204 Å². The zero-order valence-corrected chi connectivity index (χ0v) is 59.3. The van der Waals surface area contributed by atoms with Crippen molar-refractivity contribution in [2.24, 2.45) is 0 Å². The molecule has 67 heteroatoms. The first-order chi connectivity index (χ1) is 51.3. The maximum Gasteiger partial charge on any atom is 0.460 e. The third kappa shape index (κ3) is 16.2. The van der Waals surface area contributed by atoms with Gasteiger partial charge in [-0.15, -0.1) is 35.3 Å². The van der Waals surface area contributed by atoms with Crippen LogP contribution < -0.4 is 5.19 Å². The van der Waals surface area contributed by atoms with Crippen molar-refractivity contribution in [3.8, 4) is 0 Å². The standard InChI is InChI=1S/C52H37F63S3Si/c1-4-14-116-25(117-15-5-2,118-16-6-3)20-7-9-21(10-8-20)119(17-11-22(53,54)26(59,60)29(65,66)32(71,72)35(77,78)38(83,84)41(89,90)44(95,96)47(101,102)50(107,108)109,18-12-23(55,56)27(61,62)30(67,68)33(73,74)36(79,80)39(85,86)42(91,92)45(97,98)48(103,104)51(110,111)112)19-13-24(57,58)28(63,64)31(69,70)34(75,76)37(81,82)40(87,88)43(93,94)46(99,100)49(105,106)52(113,114)115/h7-10H,4-6,11-19H2,1-3H3. The van der Waals surface area contributed by atoms with Gasteiger partial charge >= 0.3 is 178 Å². The molecule has 0 saturated heterocycles. The Labute approximate surface area is 630 Å². The van der Waals surface area contributed by atoms with Gasteiger partial charge in [0.1, 0.15) is 3.41 Å². The fraction of sp³-hybridized carbons (Fsp3) is 0.885. The van der Waals surface area contributed by atoms with E-state index >= 15 is 105 Å². The molecule has 0 atom stereocenters. The minimum atomic E-state index is -10.3. The molecule has 0 nitrogen and oxygen atoms in total. The van der Waals surface area contributed by atoms with Crippen LogP contribution in [0.4, 0.5) is 277 Å². The molecule has 0 aliphatic carbocycles. The highest BCUT2D eigenvalue weighted by atomic mass is 32.3. The van der Waals surface area contributed by atoms with Crippen molar-refractivity contribution >= 4 is 48.5 Å². The van der Waals surface area contributed by atoms with Crippen LogP contribution in [-0.2, 0) is 3.41 Å². The van der Waals surface area contributed by atoms with Crippen LogP contribution in [0.25, 0.3) is 0 Å². The van der Waals surface area contributed by atoms with Crippen molar-refractivity contribution in [3.05, 3.63) is 29.8 Å². The van der Waals surface area contributed by atoms with Gasteiger partial charge in [-0.2, -0.15) is 277 Å². The van der Waals surface area contributed by atoms with Gasteiger partial charge in [0.15, 0.2) is 0 Å². The summed E-state index contributed by atoms with van der Waals surface area (Å²) in [6.45, 7) is 3.68. The summed E-state index contributed by atoms with van der Waals surface area (Å²) in [7, 11) is -8.25. The fourth-order valence-electron chi connectivity index (χ4n) is 9.35. The minimum Gasteiger partial charge on any atom is -0.200 e. The van der Waals surface area contributed by atoms with E-state index in [9.17, 15) is 171 Å². The zero-order chi connectivity index (χ0) is 96.6. The van der Waals surface area contributed by atoms with E-state index in [0.29, 0.717) is 35.3 Å². The van der Waals surface area contributed by atoms with E-state index in [-0.39, 0.29) is 48.7 Å². The Balaban J connectivity index is 5.32. The molecular formula is C52H37F63S3Si. The van der Waals surface area contributed by atoms with Gasteiger partial charge in [0.2, 0.25) is 0 Å². The molecule has 0 fully saturated rings. The number of hydrogen-bond donors (Lipinski definition) is 0. The highest BCUT2D eigenvalue weighted by Crippen LogP contribution is 2.72. The van der Waals surface area contributed by atoms with Crippen molar-refractivity contribution in [2.45, 2.75) is 259 Å². The summed E-state index contributed by atoms with van der Waals surface area (Å²) in [6.07, 6.45) is -41.1. The van der Waals surface area contributed by atoms with Gasteiger partial charge in [0, 0.05) is 19.3 Å². The van der Waals surface area contributed by atoms with Gasteiger partial charge in [-0.05, 0) is 60.2 Å². The average molecular weight is 1980 g/mol. The summed E-state index contributed by atoms with van der Waals surface area (Å²) in [5.41, 5.74) is -0.815. The Bertz CT molecular complexity index is 3230. The van der Waals surface area contributed by atoms with Crippen LogP contribution in [0, 0.1) is 0 Å². The molecule has 1 aromatic rings.